The van der Waals surface area contributed by atoms with Gasteiger partial charge in [0, 0.05) is 30.4 Å². The van der Waals surface area contributed by atoms with Crippen molar-refractivity contribution in [2.24, 2.45) is 0 Å². The highest BCUT2D eigenvalue weighted by molar-refractivity contribution is 5.63. The summed E-state index contributed by atoms with van der Waals surface area (Å²) in [5.41, 5.74) is 12.7. The molecule has 0 saturated carbocycles. The minimum absolute atomic E-state index is 0.693. The quantitative estimate of drug-likeness (QED) is 0.843. The number of rotatable bonds is 2. The molecule has 102 valence electrons. The van der Waals surface area contributed by atoms with Gasteiger partial charge in [0.1, 0.15) is 0 Å². The predicted octanol–water partition coefficient (Wildman–Crippen LogP) is 3.36. The van der Waals surface area contributed by atoms with E-state index in [0.29, 0.717) is 5.92 Å². The number of fused-ring (bicyclic) bond motifs is 2. The van der Waals surface area contributed by atoms with Crippen LogP contribution in [0.4, 0.5) is 11.4 Å². The zero-order valence-corrected chi connectivity index (χ0v) is 11.7. The van der Waals surface area contributed by atoms with E-state index in [4.69, 9.17) is 5.73 Å². The van der Waals surface area contributed by atoms with Crippen LogP contribution in [-0.4, -0.2) is 13.1 Å². The van der Waals surface area contributed by atoms with Gasteiger partial charge in [0.25, 0.3) is 0 Å². The molecule has 4 rings (SSSR count). The first-order chi connectivity index (χ1) is 9.81. The van der Waals surface area contributed by atoms with Gasteiger partial charge >= 0.3 is 0 Å². The lowest BCUT2D eigenvalue weighted by molar-refractivity contribution is 0.564. The van der Waals surface area contributed by atoms with Gasteiger partial charge in [0.05, 0.1) is 0 Å². The van der Waals surface area contributed by atoms with Crippen molar-refractivity contribution in [3.05, 3.63) is 59.2 Å². The topological polar surface area (TPSA) is 29.3 Å². The second-order valence-electron chi connectivity index (χ2n) is 6.04. The van der Waals surface area contributed by atoms with E-state index < -0.39 is 0 Å². The van der Waals surface area contributed by atoms with Crippen LogP contribution in [0, 0.1) is 0 Å². The number of aryl methyl sites for hydroxylation is 1. The Labute approximate surface area is 120 Å². The molecule has 0 amide bonds. The van der Waals surface area contributed by atoms with Gasteiger partial charge in [-0.3, -0.25) is 0 Å². The predicted molar refractivity (Wildman–Crippen MR) is 84.3 cm³/mol. The van der Waals surface area contributed by atoms with E-state index in [1.54, 1.807) is 5.56 Å². The number of hydrogen-bond donors (Lipinski definition) is 1. The summed E-state index contributed by atoms with van der Waals surface area (Å²) in [4.78, 5) is 2.54. The molecule has 0 aromatic heterocycles. The Morgan fingerprint density at radius 3 is 2.90 bits per heavy atom. The molecule has 2 aliphatic rings. The lowest BCUT2D eigenvalue weighted by Gasteiger charge is -2.38. The van der Waals surface area contributed by atoms with Gasteiger partial charge in [-0.1, -0.05) is 30.3 Å². The number of nitrogens with zero attached hydrogens (tertiary/aromatic N) is 1. The lowest BCUT2D eigenvalue weighted by Crippen LogP contribution is -2.36. The van der Waals surface area contributed by atoms with E-state index in [9.17, 15) is 0 Å². The van der Waals surface area contributed by atoms with Gasteiger partial charge in [-0.2, -0.15) is 0 Å². The largest absolute Gasteiger partial charge is 0.399 e. The van der Waals surface area contributed by atoms with Gasteiger partial charge in [-0.15, -0.1) is 0 Å². The molecule has 0 bridgehead atoms. The van der Waals surface area contributed by atoms with Gasteiger partial charge in [0.2, 0.25) is 0 Å². The summed E-state index contributed by atoms with van der Waals surface area (Å²) in [5, 5.41) is 0. The minimum atomic E-state index is 0.693. The SMILES string of the molecule is Nc1ccc2c(c1)N(CC1Cc3ccccc31)CCC2. The van der Waals surface area contributed by atoms with Crippen LogP contribution in [-0.2, 0) is 12.8 Å². The first kappa shape index (κ1) is 11.8. The Morgan fingerprint density at radius 2 is 2.00 bits per heavy atom. The second kappa shape index (κ2) is 4.55. The van der Waals surface area contributed by atoms with Crippen molar-refractivity contribution in [3.63, 3.8) is 0 Å². The van der Waals surface area contributed by atoms with E-state index in [2.05, 4.69) is 41.3 Å². The van der Waals surface area contributed by atoms with Crippen LogP contribution in [0.25, 0.3) is 0 Å². The number of nitrogen functional groups attached to an aromatic ring is 1. The third-order valence-electron chi connectivity index (χ3n) is 4.73. The fourth-order valence-electron chi connectivity index (χ4n) is 3.65. The zero-order chi connectivity index (χ0) is 13.5. The Kier molecular flexibility index (Phi) is 2.69. The van der Waals surface area contributed by atoms with Crippen molar-refractivity contribution in [3.8, 4) is 0 Å². The monoisotopic (exact) mass is 264 g/mol. The van der Waals surface area contributed by atoms with Crippen LogP contribution in [0.2, 0.25) is 0 Å². The average Bonchev–Trinajstić information content (AvgIpc) is 2.45. The molecule has 2 nitrogen and oxygen atoms in total. The lowest BCUT2D eigenvalue weighted by atomic mass is 9.77. The summed E-state index contributed by atoms with van der Waals surface area (Å²) < 4.78 is 0. The van der Waals surface area contributed by atoms with E-state index in [1.807, 2.05) is 6.07 Å². The smallest absolute Gasteiger partial charge is 0.0419 e. The highest BCUT2D eigenvalue weighted by atomic mass is 15.1. The molecule has 20 heavy (non-hydrogen) atoms. The number of benzene rings is 2. The van der Waals surface area contributed by atoms with Crippen molar-refractivity contribution >= 4 is 11.4 Å². The molecule has 2 aromatic rings. The van der Waals surface area contributed by atoms with E-state index >= 15 is 0 Å². The molecule has 1 aliphatic carbocycles. The average molecular weight is 264 g/mol. The summed E-state index contributed by atoms with van der Waals surface area (Å²) in [5.74, 6) is 0.693. The molecule has 1 atom stereocenters. The molecular formula is C18H20N2. The minimum Gasteiger partial charge on any atom is -0.399 e. The summed E-state index contributed by atoms with van der Waals surface area (Å²) in [6.07, 6.45) is 3.67. The third-order valence-corrected chi connectivity index (χ3v) is 4.73. The van der Waals surface area contributed by atoms with Crippen molar-refractivity contribution in [1.29, 1.82) is 0 Å². The number of anilines is 2. The van der Waals surface area contributed by atoms with Crippen LogP contribution >= 0.6 is 0 Å². The maximum absolute atomic E-state index is 5.97. The molecule has 1 unspecified atom stereocenters. The fourth-order valence-corrected chi connectivity index (χ4v) is 3.65. The summed E-state index contributed by atoms with van der Waals surface area (Å²) in [6, 6.07) is 15.2. The van der Waals surface area contributed by atoms with Gasteiger partial charge in [-0.25, -0.2) is 0 Å². The van der Waals surface area contributed by atoms with E-state index in [0.717, 1.165) is 18.8 Å². The first-order valence-corrected chi connectivity index (χ1v) is 7.52. The summed E-state index contributed by atoms with van der Waals surface area (Å²) in [7, 11) is 0. The second-order valence-corrected chi connectivity index (χ2v) is 6.04. The van der Waals surface area contributed by atoms with E-state index in [1.165, 1.54) is 36.1 Å². The Hall–Kier alpha value is -1.96. The third kappa shape index (κ3) is 1.87. The molecular weight excluding hydrogens is 244 g/mol. The maximum Gasteiger partial charge on any atom is 0.0419 e. The van der Waals surface area contributed by atoms with Crippen molar-refractivity contribution in [1.82, 2.24) is 0 Å². The highest BCUT2D eigenvalue weighted by Gasteiger charge is 2.28. The van der Waals surface area contributed by atoms with Gasteiger partial charge < -0.3 is 10.6 Å². The van der Waals surface area contributed by atoms with Crippen LogP contribution in [0.3, 0.4) is 0 Å². The summed E-state index contributed by atoms with van der Waals surface area (Å²) >= 11 is 0. The Bertz CT molecular complexity index is 648. The normalized spacial score (nSPS) is 20.0. The summed E-state index contributed by atoms with van der Waals surface area (Å²) in [6.45, 7) is 2.29. The number of hydrogen-bond acceptors (Lipinski definition) is 2. The van der Waals surface area contributed by atoms with Crippen molar-refractivity contribution in [2.75, 3.05) is 23.7 Å². The molecule has 2 heteroatoms. The van der Waals surface area contributed by atoms with Gasteiger partial charge in [-0.05, 0) is 48.1 Å². The van der Waals surface area contributed by atoms with Crippen LogP contribution in [0.5, 0.6) is 0 Å². The highest BCUT2D eigenvalue weighted by Crippen LogP contribution is 2.38. The van der Waals surface area contributed by atoms with Crippen molar-refractivity contribution in [2.45, 2.75) is 25.2 Å². The molecule has 0 fully saturated rings. The number of nitrogens with two attached hydrogens (primary N) is 1. The molecule has 0 spiro atoms. The van der Waals surface area contributed by atoms with Gasteiger partial charge in [0.15, 0.2) is 0 Å². The molecule has 1 heterocycles. The van der Waals surface area contributed by atoms with Crippen LogP contribution < -0.4 is 10.6 Å². The van der Waals surface area contributed by atoms with E-state index in [-0.39, 0.29) is 0 Å². The Balaban J connectivity index is 1.59. The fraction of sp³-hybridized carbons (Fsp3) is 0.333. The molecule has 2 aromatic carbocycles. The van der Waals surface area contributed by atoms with Crippen molar-refractivity contribution < 1.29 is 0 Å². The standard InChI is InChI=1S/C18H20N2/c19-16-8-7-13-5-3-9-20(18(13)11-16)12-15-10-14-4-1-2-6-17(14)15/h1-2,4,6-8,11,15H,3,5,9-10,12,19H2. The Morgan fingerprint density at radius 1 is 1.10 bits per heavy atom. The van der Waals surface area contributed by atoms with Crippen LogP contribution in [0.1, 0.15) is 29.0 Å². The molecule has 0 saturated heterocycles. The molecule has 0 radical (unpaired) electrons. The molecule has 1 aliphatic heterocycles. The van der Waals surface area contributed by atoms with Crippen LogP contribution in [0.15, 0.2) is 42.5 Å². The maximum atomic E-state index is 5.97. The first-order valence-electron chi connectivity index (χ1n) is 7.52. The zero-order valence-electron chi connectivity index (χ0n) is 11.7. The molecule has 2 N–H and O–H groups in total.